The van der Waals surface area contributed by atoms with Crippen LogP contribution in [0.5, 0.6) is 0 Å². The molecule has 1 saturated carbocycles. The zero-order chi connectivity index (χ0) is 20.0. The second kappa shape index (κ2) is 6.70. The van der Waals surface area contributed by atoms with Gasteiger partial charge in [0.2, 0.25) is 0 Å². The van der Waals surface area contributed by atoms with Crippen molar-refractivity contribution < 1.29 is 31.2 Å². The molecule has 0 unspecified atom stereocenters. The lowest BCUT2D eigenvalue weighted by molar-refractivity contribution is -0.134. The minimum absolute atomic E-state index is 0.0698. The highest BCUT2D eigenvalue weighted by Crippen LogP contribution is 2.31. The van der Waals surface area contributed by atoms with Crippen LogP contribution in [0.15, 0.2) is 21.9 Å². The van der Waals surface area contributed by atoms with Gasteiger partial charge in [-0.2, -0.15) is 0 Å². The van der Waals surface area contributed by atoms with E-state index in [1.54, 1.807) is 6.92 Å². The van der Waals surface area contributed by atoms with E-state index in [1.807, 2.05) is 0 Å². The van der Waals surface area contributed by atoms with Crippen LogP contribution in [0.3, 0.4) is 0 Å². The molecule has 1 aromatic carbocycles. The number of sulfone groups is 2. The topological polar surface area (TPSA) is 119 Å². The average molecular weight is 400 g/mol. The lowest BCUT2D eigenvalue weighted by Gasteiger charge is -2.24. The Bertz CT molecular complexity index is 999. The molecular formula is C17H20O7S2. The first kappa shape index (κ1) is 20.4. The highest BCUT2D eigenvalue weighted by Gasteiger charge is 2.40. The van der Waals surface area contributed by atoms with Gasteiger partial charge in [0.05, 0.1) is 9.79 Å². The monoisotopic (exact) mass is 400 g/mol. The van der Waals surface area contributed by atoms with Gasteiger partial charge in [0.25, 0.3) is 0 Å². The van der Waals surface area contributed by atoms with E-state index in [9.17, 15) is 31.2 Å². The summed E-state index contributed by atoms with van der Waals surface area (Å²) in [5.74, 6) is -3.37. The Morgan fingerprint density at radius 2 is 1.46 bits per heavy atom. The molecule has 0 atom stereocenters. The molecule has 0 radical (unpaired) electrons. The summed E-state index contributed by atoms with van der Waals surface area (Å²) < 4.78 is 48.1. The second-order valence-corrected chi connectivity index (χ2v) is 10.8. The molecule has 0 spiro atoms. The molecule has 1 aliphatic carbocycles. The number of benzene rings is 1. The zero-order valence-electron chi connectivity index (χ0n) is 14.9. The molecule has 0 bridgehead atoms. The maximum Gasteiger partial charge on any atom is 0.181 e. The minimum atomic E-state index is -3.97. The SMILES string of the molecule is Cc1c(C(=O)C2C(=O)CC(C)CC2=O)ccc(S(C)(=O)=O)c1S(C)(=O)=O. The normalized spacial score (nSPS) is 21.7. The van der Waals surface area contributed by atoms with Crippen LogP contribution in [-0.2, 0) is 29.3 Å². The number of rotatable bonds is 4. The van der Waals surface area contributed by atoms with Gasteiger partial charge >= 0.3 is 0 Å². The van der Waals surface area contributed by atoms with Gasteiger partial charge in [-0.3, -0.25) is 14.4 Å². The second-order valence-electron chi connectivity index (χ2n) is 6.85. The highest BCUT2D eigenvalue weighted by atomic mass is 32.2. The van der Waals surface area contributed by atoms with Crippen molar-refractivity contribution in [2.24, 2.45) is 11.8 Å². The molecule has 1 fully saturated rings. The van der Waals surface area contributed by atoms with E-state index in [2.05, 4.69) is 0 Å². The molecule has 2 rings (SSSR count). The Kier molecular flexibility index (Phi) is 5.26. The van der Waals surface area contributed by atoms with Crippen LogP contribution in [0.25, 0.3) is 0 Å². The number of hydrogen-bond acceptors (Lipinski definition) is 7. The van der Waals surface area contributed by atoms with Crippen molar-refractivity contribution in [2.75, 3.05) is 12.5 Å². The van der Waals surface area contributed by atoms with E-state index < -0.39 is 52.7 Å². The maximum absolute atomic E-state index is 12.8. The summed E-state index contributed by atoms with van der Waals surface area (Å²) in [4.78, 5) is 36.3. The van der Waals surface area contributed by atoms with Crippen molar-refractivity contribution in [3.05, 3.63) is 23.3 Å². The highest BCUT2D eigenvalue weighted by molar-refractivity contribution is 7.93. The van der Waals surface area contributed by atoms with Crippen LogP contribution in [0, 0.1) is 18.8 Å². The van der Waals surface area contributed by atoms with Crippen LogP contribution < -0.4 is 0 Å². The Balaban J connectivity index is 2.67. The van der Waals surface area contributed by atoms with Crippen LogP contribution in [-0.4, -0.2) is 46.7 Å². The number of Topliss-reactive ketones (excluding diaryl/α,β-unsaturated/α-hetero) is 3. The van der Waals surface area contributed by atoms with Crippen molar-refractivity contribution >= 4 is 37.0 Å². The van der Waals surface area contributed by atoms with Crippen molar-refractivity contribution in [3.8, 4) is 0 Å². The van der Waals surface area contributed by atoms with E-state index in [-0.39, 0.29) is 29.9 Å². The predicted octanol–water partition coefficient (Wildman–Crippen LogP) is 1.17. The standard InChI is InChI=1S/C17H20O7S2/c1-9-7-12(18)15(13(19)8-9)16(20)11-5-6-14(25(3,21)22)17(10(11)2)26(4,23)24/h5-6,9,15H,7-8H2,1-4H3. The Labute approximate surface area is 152 Å². The Morgan fingerprint density at radius 1 is 0.962 bits per heavy atom. The Morgan fingerprint density at radius 3 is 1.88 bits per heavy atom. The lowest BCUT2D eigenvalue weighted by atomic mass is 9.77. The number of ketones is 3. The first-order valence-electron chi connectivity index (χ1n) is 7.88. The van der Waals surface area contributed by atoms with E-state index in [1.165, 1.54) is 13.0 Å². The summed E-state index contributed by atoms with van der Waals surface area (Å²) in [7, 11) is -7.83. The van der Waals surface area contributed by atoms with Gasteiger partial charge in [0, 0.05) is 30.9 Å². The fourth-order valence-electron chi connectivity index (χ4n) is 3.31. The van der Waals surface area contributed by atoms with Crippen LogP contribution in [0.2, 0.25) is 0 Å². The molecule has 9 heteroatoms. The molecule has 7 nitrogen and oxygen atoms in total. The van der Waals surface area contributed by atoms with Gasteiger partial charge < -0.3 is 0 Å². The van der Waals surface area contributed by atoms with Crippen LogP contribution in [0.1, 0.15) is 35.7 Å². The van der Waals surface area contributed by atoms with Crippen LogP contribution in [0.4, 0.5) is 0 Å². The zero-order valence-corrected chi connectivity index (χ0v) is 16.5. The molecule has 0 aliphatic heterocycles. The van der Waals surface area contributed by atoms with Gasteiger partial charge in [-0.1, -0.05) is 6.92 Å². The summed E-state index contributed by atoms with van der Waals surface area (Å²) in [6.07, 6.45) is 1.91. The molecule has 1 aliphatic rings. The van der Waals surface area contributed by atoms with E-state index >= 15 is 0 Å². The van der Waals surface area contributed by atoms with Gasteiger partial charge in [0.1, 0.15) is 5.92 Å². The molecule has 142 valence electrons. The van der Waals surface area contributed by atoms with Crippen LogP contribution >= 0.6 is 0 Å². The van der Waals surface area contributed by atoms with E-state index in [0.29, 0.717) is 0 Å². The number of hydrogen-bond donors (Lipinski definition) is 0. The summed E-state index contributed by atoms with van der Waals surface area (Å²) >= 11 is 0. The molecule has 0 aromatic heterocycles. The molecule has 0 N–H and O–H groups in total. The summed E-state index contributed by atoms with van der Waals surface area (Å²) in [5.41, 5.74) is -0.196. The fourth-order valence-corrected chi connectivity index (χ4v) is 6.12. The van der Waals surface area contributed by atoms with Crippen molar-refractivity contribution in [2.45, 2.75) is 36.5 Å². The first-order chi connectivity index (χ1) is 11.7. The van der Waals surface area contributed by atoms with E-state index in [0.717, 1.165) is 18.6 Å². The van der Waals surface area contributed by atoms with Crippen molar-refractivity contribution in [3.63, 3.8) is 0 Å². The molecule has 1 aromatic rings. The smallest absolute Gasteiger partial charge is 0.181 e. The third kappa shape index (κ3) is 3.78. The molecular weight excluding hydrogens is 380 g/mol. The molecule has 0 amide bonds. The number of carbonyl (C=O) groups excluding carboxylic acids is 3. The lowest BCUT2D eigenvalue weighted by Crippen LogP contribution is -2.38. The third-order valence-electron chi connectivity index (χ3n) is 4.41. The molecule has 26 heavy (non-hydrogen) atoms. The van der Waals surface area contributed by atoms with Crippen molar-refractivity contribution in [1.29, 1.82) is 0 Å². The van der Waals surface area contributed by atoms with Gasteiger partial charge in [0.15, 0.2) is 37.0 Å². The molecule has 0 saturated heterocycles. The fraction of sp³-hybridized carbons (Fsp3) is 0.471. The predicted molar refractivity (Wildman–Crippen MR) is 93.6 cm³/mol. The van der Waals surface area contributed by atoms with E-state index in [4.69, 9.17) is 0 Å². The van der Waals surface area contributed by atoms with Crippen molar-refractivity contribution in [1.82, 2.24) is 0 Å². The van der Waals surface area contributed by atoms with Gasteiger partial charge in [-0.05, 0) is 30.5 Å². The average Bonchev–Trinajstić information content (AvgIpc) is 2.43. The summed E-state index contributed by atoms with van der Waals surface area (Å²) in [5, 5.41) is 0. The first-order valence-corrected chi connectivity index (χ1v) is 11.7. The van der Waals surface area contributed by atoms with Gasteiger partial charge in [-0.25, -0.2) is 16.8 Å². The largest absolute Gasteiger partial charge is 0.298 e. The summed E-state index contributed by atoms with van der Waals surface area (Å²) in [6, 6.07) is 2.20. The minimum Gasteiger partial charge on any atom is -0.298 e. The third-order valence-corrected chi connectivity index (χ3v) is 6.95. The Hall–Kier alpha value is -1.87. The maximum atomic E-state index is 12.8. The quantitative estimate of drug-likeness (QED) is 0.549. The number of carbonyl (C=O) groups is 3. The summed E-state index contributed by atoms with van der Waals surface area (Å²) in [6.45, 7) is 3.04. The molecule has 0 heterocycles. The van der Waals surface area contributed by atoms with Gasteiger partial charge in [-0.15, -0.1) is 0 Å².